The van der Waals surface area contributed by atoms with E-state index in [1.165, 1.54) is 0 Å². The molecule has 1 spiro atoms. The molecule has 2 heterocycles. The van der Waals surface area contributed by atoms with E-state index in [0.717, 1.165) is 37.1 Å². The number of ether oxygens (including phenoxy) is 1. The van der Waals surface area contributed by atoms with Crippen molar-refractivity contribution in [1.82, 2.24) is 20.1 Å². The van der Waals surface area contributed by atoms with Crippen molar-refractivity contribution in [3.8, 4) is 11.6 Å². The molecule has 0 radical (unpaired) electrons. The number of primary amides is 1. The van der Waals surface area contributed by atoms with Crippen LogP contribution in [0.25, 0.3) is 5.69 Å². The normalized spacial score (nSPS) is 23.5. The Balaban J connectivity index is 1.14. The molecule has 0 atom stereocenters. The molecule has 5 rings (SSSR count). The Morgan fingerprint density at radius 1 is 1.15 bits per heavy atom. The number of carbonyl (C=O) groups is 2. The van der Waals surface area contributed by atoms with Crippen LogP contribution < -0.4 is 15.8 Å². The maximum Gasteiger partial charge on any atom is 0.254 e. The number of nitrogens with two attached hydrogens (primary N) is 1. The van der Waals surface area contributed by atoms with Crippen LogP contribution in [0.5, 0.6) is 5.88 Å². The molecule has 2 aromatic heterocycles. The van der Waals surface area contributed by atoms with Crippen molar-refractivity contribution < 1.29 is 14.3 Å². The Kier molecular flexibility index (Phi) is 5.32. The minimum atomic E-state index is -0.548. The minimum absolute atomic E-state index is 0.00880. The molecule has 9 heteroatoms. The molecule has 3 aromatic rings. The fourth-order valence-corrected chi connectivity index (χ4v) is 5.10. The summed E-state index contributed by atoms with van der Waals surface area (Å²) in [5.41, 5.74) is 8.08. The molecule has 0 saturated heterocycles. The van der Waals surface area contributed by atoms with E-state index in [4.69, 9.17) is 22.1 Å². The fraction of sp³-hybridized carbons (Fsp3) is 0.333. The molecule has 2 aliphatic carbocycles. The number of pyridine rings is 1. The number of nitrogens with zero attached hydrogens (tertiary/aromatic N) is 3. The van der Waals surface area contributed by atoms with Crippen LogP contribution in [-0.4, -0.2) is 38.7 Å². The van der Waals surface area contributed by atoms with Crippen molar-refractivity contribution in [3.05, 3.63) is 70.6 Å². The standard InChI is InChI=1S/C24H24ClN5O3/c1-14-20(13-28-30(14)17-6-4-15(25)5-7-17)22(32)29-16-9-24(10-16)11-18(12-24)33-23-19(21(26)31)3-2-8-27-23/h2-8,13,16,18H,9-12H2,1H3,(H2,26,31)(H,29,32). The molecule has 0 aliphatic heterocycles. The van der Waals surface area contributed by atoms with Gasteiger partial charge < -0.3 is 15.8 Å². The number of amides is 2. The van der Waals surface area contributed by atoms with Gasteiger partial charge in [-0.2, -0.15) is 5.10 Å². The van der Waals surface area contributed by atoms with Crippen LogP contribution in [0.3, 0.4) is 0 Å². The summed E-state index contributed by atoms with van der Waals surface area (Å²) in [4.78, 5) is 28.5. The quantitative estimate of drug-likeness (QED) is 0.579. The summed E-state index contributed by atoms with van der Waals surface area (Å²) >= 11 is 5.96. The number of hydrogen-bond acceptors (Lipinski definition) is 5. The van der Waals surface area contributed by atoms with Gasteiger partial charge in [-0.05, 0) is 74.4 Å². The first-order valence-corrected chi connectivity index (χ1v) is 11.2. The Morgan fingerprint density at radius 2 is 1.88 bits per heavy atom. The second-order valence-electron chi connectivity index (χ2n) is 8.98. The van der Waals surface area contributed by atoms with Gasteiger partial charge >= 0.3 is 0 Å². The highest BCUT2D eigenvalue weighted by Gasteiger charge is 2.54. The van der Waals surface area contributed by atoms with Gasteiger partial charge in [-0.25, -0.2) is 9.67 Å². The summed E-state index contributed by atoms with van der Waals surface area (Å²) in [6.45, 7) is 1.88. The molecule has 170 valence electrons. The lowest BCUT2D eigenvalue weighted by atomic mass is 9.53. The number of benzene rings is 1. The van der Waals surface area contributed by atoms with Crippen molar-refractivity contribution in [1.29, 1.82) is 0 Å². The largest absolute Gasteiger partial charge is 0.474 e. The van der Waals surface area contributed by atoms with Crippen molar-refractivity contribution in [2.24, 2.45) is 11.1 Å². The second kappa shape index (κ2) is 8.19. The maximum atomic E-state index is 12.8. The summed E-state index contributed by atoms with van der Waals surface area (Å²) in [7, 11) is 0. The smallest absolute Gasteiger partial charge is 0.254 e. The highest BCUT2D eigenvalue weighted by molar-refractivity contribution is 6.30. The van der Waals surface area contributed by atoms with Gasteiger partial charge in [-0.15, -0.1) is 0 Å². The fourth-order valence-electron chi connectivity index (χ4n) is 4.98. The summed E-state index contributed by atoms with van der Waals surface area (Å²) in [5, 5.41) is 8.15. The lowest BCUT2D eigenvalue weighted by molar-refractivity contribution is -0.0848. The monoisotopic (exact) mass is 465 g/mol. The minimum Gasteiger partial charge on any atom is -0.474 e. The van der Waals surface area contributed by atoms with E-state index in [9.17, 15) is 9.59 Å². The van der Waals surface area contributed by atoms with Gasteiger partial charge in [0, 0.05) is 17.3 Å². The molecule has 2 amide bonds. The average Bonchev–Trinajstić information content (AvgIpc) is 3.12. The number of carbonyl (C=O) groups excluding carboxylic acids is 2. The van der Waals surface area contributed by atoms with Crippen molar-refractivity contribution >= 4 is 23.4 Å². The number of hydrogen-bond donors (Lipinski definition) is 2. The Labute approximate surface area is 196 Å². The van der Waals surface area contributed by atoms with E-state index in [1.807, 2.05) is 19.1 Å². The topological polar surface area (TPSA) is 112 Å². The molecule has 0 unspecified atom stereocenters. The van der Waals surface area contributed by atoms with Gasteiger partial charge in [0.25, 0.3) is 11.8 Å². The van der Waals surface area contributed by atoms with E-state index in [2.05, 4.69) is 15.4 Å². The molecule has 0 bridgehead atoms. The molecule has 2 saturated carbocycles. The van der Waals surface area contributed by atoms with Crippen LogP contribution in [0.15, 0.2) is 48.8 Å². The first-order valence-electron chi connectivity index (χ1n) is 10.9. The molecule has 3 N–H and O–H groups in total. The first-order chi connectivity index (χ1) is 15.8. The number of nitrogens with one attached hydrogen (secondary N) is 1. The Bertz CT molecular complexity index is 1210. The summed E-state index contributed by atoms with van der Waals surface area (Å²) in [6.07, 6.45) is 6.77. The van der Waals surface area contributed by atoms with Crippen LogP contribution >= 0.6 is 11.6 Å². The van der Waals surface area contributed by atoms with Crippen LogP contribution in [0.1, 0.15) is 52.1 Å². The average molecular weight is 466 g/mol. The highest BCUT2D eigenvalue weighted by atomic mass is 35.5. The predicted octanol–water partition coefficient (Wildman–Crippen LogP) is 3.45. The van der Waals surface area contributed by atoms with Gasteiger partial charge in [0.05, 0.1) is 23.1 Å². The molecule has 33 heavy (non-hydrogen) atoms. The van der Waals surface area contributed by atoms with Crippen molar-refractivity contribution in [2.75, 3.05) is 0 Å². The lowest BCUT2D eigenvalue weighted by Gasteiger charge is -2.57. The first kappa shape index (κ1) is 21.5. The summed E-state index contributed by atoms with van der Waals surface area (Å²) < 4.78 is 7.64. The van der Waals surface area contributed by atoms with Crippen LogP contribution in [-0.2, 0) is 0 Å². The number of halogens is 1. The van der Waals surface area contributed by atoms with E-state index >= 15 is 0 Å². The third kappa shape index (κ3) is 4.06. The van der Waals surface area contributed by atoms with Crippen molar-refractivity contribution in [2.45, 2.75) is 44.8 Å². The SMILES string of the molecule is Cc1c(C(=O)NC2CC3(C2)CC(Oc2ncccc2C(N)=O)C3)cnn1-c1ccc(Cl)cc1. The zero-order chi connectivity index (χ0) is 23.2. The van der Waals surface area contributed by atoms with Crippen LogP contribution in [0.2, 0.25) is 5.02 Å². The van der Waals surface area contributed by atoms with Crippen molar-refractivity contribution in [3.63, 3.8) is 0 Å². The highest BCUT2D eigenvalue weighted by Crippen LogP contribution is 2.56. The summed E-state index contributed by atoms with van der Waals surface area (Å²) in [6, 6.07) is 10.7. The second-order valence-corrected chi connectivity index (χ2v) is 9.42. The maximum absolute atomic E-state index is 12.8. The van der Waals surface area contributed by atoms with E-state index in [1.54, 1.807) is 41.3 Å². The van der Waals surface area contributed by atoms with Gasteiger partial charge in [-0.1, -0.05) is 11.6 Å². The lowest BCUT2D eigenvalue weighted by Crippen LogP contribution is -2.58. The van der Waals surface area contributed by atoms with Crippen LogP contribution in [0, 0.1) is 12.3 Å². The van der Waals surface area contributed by atoms with Gasteiger partial charge in [-0.3, -0.25) is 9.59 Å². The molecular formula is C24H24ClN5O3. The Hall–Kier alpha value is -3.39. The third-order valence-corrected chi connectivity index (χ3v) is 6.91. The zero-order valence-electron chi connectivity index (χ0n) is 18.1. The number of aromatic nitrogens is 3. The van der Waals surface area contributed by atoms with E-state index < -0.39 is 5.91 Å². The number of rotatable bonds is 6. The third-order valence-electron chi connectivity index (χ3n) is 6.66. The van der Waals surface area contributed by atoms with Gasteiger partial charge in [0.15, 0.2) is 0 Å². The van der Waals surface area contributed by atoms with E-state index in [0.29, 0.717) is 22.0 Å². The van der Waals surface area contributed by atoms with E-state index in [-0.39, 0.29) is 23.5 Å². The molecule has 1 aromatic carbocycles. The van der Waals surface area contributed by atoms with Gasteiger partial charge in [0.1, 0.15) is 11.7 Å². The Morgan fingerprint density at radius 3 is 2.58 bits per heavy atom. The predicted molar refractivity (Wildman–Crippen MR) is 123 cm³/mol. The molecular weight excluding hydrogens is 442 g/mol. The van der Waals surface area contributed by atoms with Gasteiger partial charge in [0.2, 0.25) is 5.88 Å². The zero-order valence-corrected chi connectivity index (χ0v) is 18.9. The summed E-state index contributed by atoms with van der Waals surface area (Å²) in [5.74, 6) is -0.366. The molecule has 2 aliphatic rings. The van der Waals surface area contributed by atoms with Crippen LogP contribution in [0.4, 0.5) is 0 Å². The molecule has 2 fully saturated rings. The molecule has 8 nitrogen and oxygen atoms in total.